The number of carboxylic acid groups (broad SMARTS) is 1. The van der Waals surface area contributed by atoms with Gasteiger partial charge in [0.25, 0.3) is 0 Å². The lowest BCUT2D eigenvalue weighted by molar-refractivity contribution is -0.148. The van der Waals surface area contributed by atoms with Gasteiger partial charge in [-0.3, -0.25) is 9.59 Å². The summed E-state index contributed by atoms with van der Waals surface area (Å²) in [6.45, 7) is 0.965. The van der Waals surface area contributed by atoms with Gasteiger partial charge >= 0.3 is 5.97 Å². The molecule has 0 unspecified atom stereocenters. The van der Waals surface area contributed by atoms with Crippen molar-refractivity contribution in [2.45, 2.75) is 31.2 Å². The summed E-state index contributed by atoms with van der Waals surface area (Å²) in [4.78, 5) is 25.5. The van der Waals surface area contributed by atoms with Gasteiger partial charge in [-0.05, 0) is 42.9 Å². The molecule has 0 radical (unpaired) electrons. The molecule has 6 heteroatoms. The van der Waals surface area contributed by atoms with Gasteiger partial charge in [0.15, 0.2) is 0 Å². The molecule has 1 saturated heterocycles. The van der Waals surface area contributed by atoms with E-state index in [2.05, 4.69) is 15.9 Å². The Hall–Kier alpha value is -1.40. The van der Waals surface area contributed by atoms with Crippen molar-refractivity contribution >= 4 is 27.8 Å². The fraction of sp³-hybridized carbons (Fsp3) is 0.529. The topological polar surface area (TPSA) is 66.8 Å². The third-order valence-corrected chi connectivity index (χ3v) is 5.10. The molecular weight excluding hydrogens is 362 g/mol. The quantitative estimate of drug-likeness (QED) is 0.851. The molecule has 1 aromatic carbocycles. The van der Waals surface area contributed by atoms with Gasteiger partial charge in [0.2, 0.25) is 5.91 Å². The molecule has 23 heavy (non-hydrogen) atoms. The van der Waals surface area contributed by atoms with Gasteiger partial charge in [0.05, 0.1) is 0 Å². The van der Waals surface area contributed by atoms with Crippen LogP contribution in [-0.2, 0) is 14.3 Å². The first-order chi connectivity index (χ1) is 11.1. The van der Waals surface area contributed by atoms with Crippen LogP contribution in [0.3, 0.4) is 0 Å². The Morgan fingerprint density at radius 1 is 1.30 bits per heavy atom. The summed E-state index contributed by atoms with van der Waals surface area (Å²) in [5.41, 5.74) is 1.14. The zero-order chi connectivity index (χ0) is 16.4. The second-order valence-electron chi connectivity index (χ2n) is 6.21. The lowest BCUT2D eigenvalue weighted by atomic mass is 10.0. The van der Waals surface area contributed by atoms with Crippen molar-refractivity contribution in [3.63, 3.8) is 0 Å². The zero-order valence-corrected chi connectivity index (χ0v) is 14.4. The van der Waals surface area contributed by atoms with Gasteiger partial charge in [-0.1, -0.05) is 28.1 Å². The number of hydrogen-bond acceptors (Lipinski definition) is 3. The number of ether oxygens (including phenoxy) is 1. The van der Waals surface area contributed by atoms with E-state index in [1.807, 2.05) is 24.3 Å². The molecule has 1 aliphatic heterocycles. The fourth-order valence-corrected chi connectivity index (χ4v) is 3.73. The van der Waals surface area contributed by atoms with E-state index in [1.165, 1.54) is 0 Å². The summed E-state index contributed by atoms with van der Waals surface area (Å²) in [7, 11) is 0. The Balaban J connectivity index is 1.70. The number of benzene rings is 1. The molecule has 3 rings (SSSR count). The minimum absolute atomic E-state index is 0.0175. The number of carbonyl (C=O) groups excluding carboxylic acids is 1. The Kier molecular flexibility index (Phi) is 5.02. The van der Waals surface area contributed by atoms with Gasteiger partial charge in [-0.25, -0.2) is 0 Å². The van der Waals surface area contributed by atoms with E-state index in [4.69, 9.17) is 9.84 Å². The van der Waals surface area contributed by atoms with E-state index in [-0.39, 0.29) is 30.3 Å². The highest BCUT2D eigenvalue weighted by atomic mass is 79.9. The first-order valence-corrected chi connectivity index (χ1v) is 8.71. The average molecular weight is 382 g/mol. The van der Waals surface area contributed by atoms with Crippen molar-refractivity contribution in [2.75, 3.05) is 19.8 Å². The molecule has 1 aliphatic carbocycles. The third-order valence-electron chi connectivity index (χ3n) is 4.60. The van der Waals surface area contributed by atoms with Crippen LogP contribution >= 0.6 is 15.9 Å². The summed E-state index contributed by atoms with van der Waals surface area (Å²) in [6.07, 6.45) is 2.23. The fourth-order valence-electron chi connectivity index (χ4n) is 3.32. The Morgan fingerprint density at radius 2 is 2.04 bits per heavy atom. The van der Waals surface area contributed by atoms with Crippen LogP contribution in [0.15, 0.2) is 28.7 Å². The summed E-state index contributed by atoms with van der Waals surface area (Å²) in [5, 5.41) is 9.15. The van der Waals surface area contributed by atoms with E-state index in [0.29, 0.717) is 26.1 Å². The van der Waals surface area contributed by atoms with Crippen molar-refractivity contribution in [3.8, 4) is 0 Å². The highest BCUT2D eigenvalue weighted by Gasteiger charge is 2.47. The Bertz CT molecular complexity index is 600. The lowest BCUT2D eigenvalue weighted by Gasteiger charge is -2.33. The van der Waals surface area contributed by atoms with E-state index < -0.39 is 5.97 Å². The molecule has 2 aliphatic rings. The van der Waals surface area contributed by atoms with Crippen molar-refractivity contribution < 1.29 is 19.4 Å². The van der Waals surface area contributed by atoms with E-state index >= 15 is 0 Å². The molecule has 1 amide bonds. The largest absolute Gasteiger partial charge is 0.480 e. The standard InChI is InChI=1S/C17H20BrNO4/c18-12-3-1-2-11(8-12)14-9-15(14)17(22)19(10-16(20)21)13-4-6-23-7-5-13/h1-3,8,13-15H,4-7,9-10H2,(H,20,21)/t14-,15+/m1/s1. The molecule has 1 heterocycles. The minimum Gasteiger partial charge on any atom is -0.480 e. The van der Waals surface area contributed by atoms with E-state index in [0.717, 1.165) is 16.5 Å². The maximum absolute atomic E-state index is 12.8. The summed E-state index contributed by atoms with van der Waals surface area (Å²) in [5.74, 6) is -0.864. The maximum atomic E-state index is 12.8. The van der Waals surface area contributed by atoms with Crippen LogP contribution in [0.5, 0.6) is 0 Å². The molecule has 5 nitrogen and oxygen atoms in total. The predicted octanol–water partition coefficient (Wildman–Crippen LogP) is 2.64. The number of nitrogens with zero attached hydrogens (tertiary/aromatic N) is 1. The SMILES string of the molecule is O=C(O)CN(C(=O)[C@H]1C[C@@H]1c1cccc(Br)c1)C1CCOCC1. The van der Waals surface area contributed by atoms with Gasteiger partial charge in [-0.15, -0.1) is 0 Å². The van der Waals surface area contributed by atoms with Crippen molar-refractivity contribution in [1.29, 1.82) is 0 Å². The van der Waals surface area contributed by atoms with Crippen LogP contribution in [-0.4, -0.2) is 47.7 Å². The van der Waals surface area contributed by atoms with Crippen LogP contribution in [0, 0.1) is 5.92 Å². The first-order valence-electron chi connectivity index (χ1n) is 7.91. The van der Waals surface area contributed by atoms with Gasteiger partial charge < -0.3 is 14.7 Å². The second kappa shape index (κ2) is 7.01. The molecule has 1 aromatic rings. The summed E-state index contributed by atoms with van der Waals surface area (Å²) >= 11 is 3.45. The number of halogens is 1. The summed E-state index contributed by atoms with van der Waals surface area (Å²) in [6, 6.07) is 7.97. The molecule has 1 saturated carbocycles. The van der Waals surface area contributed by atoms with Crippen molar-refractivity contribution in [1.82, 2.24) is 4.90 Å². The number of carbonyl (C=O) groups is 2. The van der Waals surface area contributed by atoms with Crippen LogP contribution in [0.25, 0.3) is 0 Å². The first kappa shape index (κ1) is 16.5. The van der Waals surface area contributed by atoms with E-state index in [9.17, 15) is 9.59 Å². The Labute approximate surface area is 143 Å². The van der Waals surface area contributed by atoms with Crippen molar-refractivity contribution in [3.05, 3.63) is 34.3 Å². The summed E-state index contributed by atoms with van der Waals surface area (Å²) < 4.78 is 6.32. The highest BCUT2D eigenvalue weighted by molar-refractivity contribution is 9.10. The number of rotatable bonds is 5. The van der Waals surface area contributed by atoms with Crippen molar-refractivity contribution in [2.24, 2.45) is 5.92 Å². The zero-order valence-electron chi connectivity index (χ0n) is 12.8. The number of hydrogen-bond donors (Lipinski definition) is 1. The highest BCUT2D eigenvalue weighted by Crippen LogP contribution is 2.49. The molecule has 0 aromatic heterocycles. The number of amides is 1. The Morgan fingerprint density at radius 3 is 2.70 bits per heavy atom. The molecule has 2 atom stereocenters. The molecule has 124 valence electrons. The van der Waals surface area contributed by atoms with Gasteiger partial charge in [0.1, 0.15) is 6.54 Å². The van der Waals surface area contributed by atoms with Crippen LogP contribution < -0.4 is 0 Å². The molecule has 2 fully saturated rings. The minimum atomic E-state index is -0.954. The van der Waals surface area contributed by atoms with Crippen LogP contribution in [0.4, 0.5) is 0 Å². The van der Waals surface area contributed by atoms with E-state index in [1.54, 1.807) is 4.90 Å². The molecule has 0 spiro atoms. The van der Waals surface area contributed by atoms with Crippen LogP contribution in [0.1, 0.15) is 30.7 Å². The molecular formula is C17H20BrNO4. The van der Waals surface area contributed by atoms with Gasteiger partial charge in [-0.2, -0.15) is 0 Å². The van der Waals surface area contributed by atoms with Crippen LogP contribution in [0.2, 0.25) is 0 Å². The number of carboxylic acids is 1. The predicted molar refractivity (Wildman–Crippen MR) is 88.2 cm³/mol. The molecule has 1 N–H and O–H groups in total. The second-order valence-corrected chi connectivity index (χ2v) is 7.12. The smallest absolute Gasteiger partial charge is 0.323 e. The molecule has 0 bridgehead atoms. The lowest BCUT2D eigenvalue weighted by Crippen LogP contribution is -2.46. The average Bonchev–Trinajstić information content (AvgIpc) is 3.33. The number of aliphatic carboxylic acids is 1. The maximum Gasteiger partial charge on any atom is 0.323 e. The van der Waals surface area contributed by atoms with Gasteiger partial charge in [0, 0.05) is 29.6 Å². The third kappa shape index (κ3) is 3.93. The monoisotopic (exact) mass is 381 g/mol. The normalized spacial score (nSPS) is 24.2.